The third kappa shape index (κ3) is 2.10. The van der Waals surface area contributed by atoms with E-state index in [1.807, 2.05) is 0 Å². The molecule has 2 rings (SSSR count). The molecule has 1 aromatic carbocycles. The van der Waals surface area contributed by atoms with Crippen molar-refractivity contribution in [2.75, 3.05) is 0 Å². The summed E-state index contributed by atoms with van der Waals surface area (Å²) in [7, 11) is -4.60. The molecule has 16 heavy (non-hydrogen) atoms. The summed E-state index contributed by atoms with van der Waals surface area (Å²) in [5.41, 5.74) is -0.728. The number of halogens is 1. The minimum atomic E-state index is -4.60. The molecule has 84 valence electrons. The summed E-state index contributed by atoms with van der Waals surface area (Å²) in [5, 5.41) is -0.176. The van der Waals surface area contributed by atoms with Crippen LogP contribution in [0.5, 0.6) is 0 Å². The molecule has 0 aliphatic carbocycles. The zero-order valence-electron chi connectivity index (χ0n) is 7.75. The molecule has 1 heterocycles. The van der Waals surface area contributed by atoms with Gasteiger partial charge in [0, 0.05) is 9.86 Å². The Labute approximate surface area is 98.0 Å². The van der Waals surface area contributed by atoms with E-state index in [0.717, 1.165) is 10.5 Å². The molecule has 0 saturated heterocycles. The smallest absolute Gasteiger partial charge is 0.363 e. The highest BCUT2D eigenvalue weighted by atomic mass is 79.9. The van der Waals surface area contributed by atoms with E-state index >= 15 is 0 Å². The predicted octanol–water partition coefficient (Wildman–Crippen LogP) is 1.36. The van der Waals surface area contributed by atoms with Gasteiger partial charge in [-0.25, -0.2) is 4.79 Å². The Hall–Kier alpha value is -0.940. The van der Waals surface area contributed by atoms with Crippen molar-refractivity contribution in [3.8, 4) is 0 Å². The molecule has 0 radical (unpaired) electrons. The summed E-state index contributed by atoms with van der Waals surface area (Å²) in [4.78, 5) is 29.2. The molecule has 2 N–H and O–H groups in total. The Balaban J connectivity index is 2.85. The summed E-state index contributed by atoms with van der Waals surface area (Å²) < 4.78 is 16.5. The molecule has 2 aromatic rings. The van der Waals surface area contributed by atoms with Crippen molar-refractivity contribution in [2.24, 2.45) is 0 Å². The van der Waals surface area contributed by atoms with Crippen LogP contribution in [0.3, 0.4) is 0 Å². The highest BCUT2D eigenvalue weighted by molar-refractivity contribution is 9.10. The first-order valence-corrected chi connectivity index (χ1v) is 6.58. The SMILES string of the molecule is O=c1oc2ccc(Br)cc2cc1P(=O)(O)O. The molecule has 0 aliphatic heterocycles. The minimum Gasteiger partial charge on any atom is -0.422 e. The predicted molar refractivity (Wildman–Crippen MR) is 61.9 cm³/mol. The second-order valence-corrected chi connectivity index (χ2v) is 5.63. The normalized spacial score (nSPS) is 11.9. The van der Waals surface area contributed by atoms with Crippen molar-refractivity contribution in [3.05, 3.63) is 39.2 Å². The summed E-state index contributed by atoms with van der Waals surface area (Å²) in [6.07, 6.45) is 0. The average Bonchev–Trinajstić information content (AvgIpc) is 2.16. The van der Waals surface area contributed by atoms with Gasteiger partial charge < -0.3 is 14.2 Å². The van der Waals surface area contributed by atoms with Gasteiger partial charge in [0.1, 0.15) is 10.9 Å². The Bertz CT molecular complexity index is 656. The van der Waals surface area contributed by atoms with Crippen LogP contribution < -0.4 is 10.9 Å². The fourth-order valence-corrected chi connectivity index (χ4v) is 2.26. The molecule has 0 amide bonds. The van der Waals surface area contributed by atoms with Crippen LogP contribution in [0.4, 0.5) is 0 Å². The van der Waals surface area contributed by atoms with E-state index in [4.69, 9.17) is 14.2 Å². The van der Waals surface area contributed by atoms with Crippen molar-refractivity contribution in [1.29, 1.82) is 0 Å². The molecule has 0 saturated carbocycles. The van der Waals surface area contributed by atoms with Crippen molar-refractivity contribution >= 4 is 39.8 Å². The maximum atomic E-state index is 11.3. The average molecular weight is 305 g/mol. The third-order valence-electron chi connectivity index (χ3n) is 1.99. The van der Waals surface area contributed by atoms with Gasteiger partial charge in [0.2, 0.25) is 0 Å². The zero-order valence-corrected chi connectivity index (χ0v) is 10.2. The van der Waals surface area contributed by atoms with Gasteiger partial charge in [-0.15, -0.1) is 0 Å². The van der Waals surface area contributed by atoms with E-state index in [2.05, 4.69) is 15.9 Å². The highest BCUT2D eigenvalue weighted by Crippen LogP contribution is 2.32. The first-order chi connectivity index (χ1) is 7.38. The van der Waals surface area contributed by atoms with Crippen LogP contribution in [0.2, 0.25) is 0 Å². The molecular formula is C9H6BrO5P. The topological polar surface area (TPSA) is 87.7 Å². The van der Waals surface area contributed by atoms with Crippen molar-refractivity contribution in [1.82, 2.24) is 0 Å². The lowest BCUT2D eigenvalue weighted by atomic mass is 10.2. The number of hydrogen-bond donors (Lipinski definition) is 2. The van der Waals surface area contributed by atoms with Gasteiger partial charge in [-0.3, -0.25) is 4.57 Å². The van der Waals surface area contributed by atoms with Gasteiger partial charge in [0.25, 0.3) is 0 Å². The van der Waals surface area contributed by atoms with Gasteiger partial charge in [0.15, 0.2) is 0 Å². The maximum Gasteiger partial charge on any atom is 0.363 e. The van der Waals surface area contributed by atoms with Crippen molar-refractivity contribution in [3.63, 3.8) is 0 Å². The van der Waals surface area contributed by atoms with Crippen LogP contribution in [-0.4, -0.2) is 9.79 Å². The Kier molecular flexibility index (Phi) is 2.75. The van der Waals surface area contributed by atoms with Gasteiger partial charge in [-0.1, -0.05) is 15.9 Å². The van der Waals surface area contributed by atoms with Crippen LogP contribution in [0.25, 0.3) is 11.0 Å². The van der Waals surface area contributed by atoms with E-state index in [9.17, 15) is 9.36 Å². The molecule has 5 nitrogen and oxygen atoms in total. The quantitative estimate of drug-likeness (QED) is 0.613. The van der Waals surface area contributed by atoms with Crippen molar-refractivity contribution < 1.29 is 18.8 Å². The van der Waals surface area contributed by atoms with E-state index in [-0.39, 0.29) is 5.58 Å². The van der Waals surface area contributed by atoms with E-state index < -0.39 is 18.5 Å². The lowest BCUT2D eigenvalue weighted by Gasteiger charge is -2.03. The number of hydrogen-bond acceptors (Lipinski definition) is 3. The second-order valence-electron chi connectivity index (χ2n) is 3.15. The molecule has 0 spiro atoms. The molecule has 0 fully saturated rings. The molecule has 0 bridgehead atoms. The largest absolute Gasteiger partial charge is 0.422 e. The molecule has 0 unspecified atom stereocenters. The number of benzene rings is 1. The van der Waals surface area contributed by atoms with Crippen LogP contribution in [-0.2, 0) is 4.57 Å². The molecular weight excluding hydrogens is 299 g/mol. The van der Waals surface area contributed by atoms with Crippen LogP contribution in [0.15, 0.2) is 37.9 Å². The molecule has 1 aromatic heterocycles. The van der Waals surface area contributed by atoms with Crippen LogP contribution in [0, 0.1) is 0 Å². The Morgan fingerprint density at radius 1 is 1.25 bits per heavy atom. The monoisotopic (exact) mass is 304 g/mol. The minimum absolute atomic E-state index is 0.283. The lowest BCUT2D eigenvalue weighted by molar-refractivity contribution is 0.385. The summed E-state index contributed by atoms with van der Waals surface area (Å²) in [5.74, 6) is 0. The highest BCUT2D eigenvalue weighted by Gasteiger charge is 2.23. The third-order valence-corrected chi connectivity index (χ3v) is 3.42. The molecule has 0 atom stereocenters. The Morgan fingerprint density at radius 2 is 1.94 bits per heavy atom. The zero-order chi connectivity index (χ0) is 11.9. The van der Waals surface area contributed by atoms with Crippen LogP contribution in [0.1, 0.15) is 0 Å². The van der Waals surface area contributed by atoms with Gasteiger partial charge >= 0.3 is 13.2 Å². The first-order valence-electron chi connectivity index (χ1n) is 4.17. The fraction of sp³-hybridized carbons (Fsp3) is 0. The lowest BCUT2D eigenvalue weighted by Crippen LogP contribution is -2.23. The van der Waals surface area contributed by atoms with Gasteiger partial charge in [0.05, 0.1) is 0 Å². The summed E-state index contributed by atoms with van der Waals surface area (Å²) in [6.45, 7) is 0. The molecule has 7 heteroatoms. The van der Waals surface area contributed by atoms with Gasteiger partial charge in [-0.2, -0.15) is 0 Å². The van der Waals surface area contributed by atoms with E-state index in [0.29, 0.717) is 5.39 Å². The first kappa shape index (κ1) is 11.5. The summed E-state index contributed by atoms with van der Waals surface area (Å²) >= 11 is 3.21. The molecule has 0 aliphatic rings. The van der Waals surface area contributed by atoms with Crippen LogP contribution >= 0.6 is 23.5 Å². The maximum absolute atomic E-state index is 11.3. The second kappa shape index (κ2) is 3.82. The number of rotatable bonds is 1. The standard InChI is InChI=1S/C9H6BrO5P/c10-6-1-2-7-5(3-6)4-8(9(11)15-7)16(12,13)14/h1-4H,(H2,12,13,14). The van der Waals surface area contributed by atoms with Gasteiger partial charge in [-0.05, 0) is 24.3 Å². The Morgan fingerprint density at radius 3 is 2.56 bits per heavy atom. The fourth-order valence-electron chi connectivity index (χ4n) is 1.29. The summed E-state index contributed by atoms with van der Waals surface area (Å²) in [6, 6.07) is 5.97. The number of fused-ring (bicyclic) bond motifs is 1. The van der Waals surface area contributed by atoms with Crippen molar-refractivity contribution in [2.45, 2.75) is 0 Å². The van der Waals surface area contributed by atoms with E-state index in [1.165, 1.54) is 0 Å². The van der Waals surface area contributed by atoms with E-state index in [1.54, 1.807) is 18.2 Å².